The lowest BCUT2D eigenvalue weighted by Gasteiger charge is -2.25. The van der Waals surface area contributed by atoms with Crippen LogP contribution < -0.4 is 4.74 Å². The van der Waals surface area contributed by atoms with E-state index in [9.17, 15) is 9.59 Å². The van der Waals surface area contributed by atoms with Gasteiger partial charge in [0.2, 0.25) is 0 Å². The summed E-state index contributed by atoms with van der Waals surface area (Å²) in [5, 5.41) is 0. The van der Waals surface area contributed by atoms with Crippen molar-refractivity contribution in [3.63, 3.8) is 0 Å². The number of nitrogens with zero attached hydrogens (tertiary/aromatic N) is 1. The minimum atomic E-state index is -0.621. The van der Waals surface area contributed by atoms with Crippen LogP contribution in [0.3, 0.4) is 0 Å². The number of ether oxygens (including phenoxy) is 2. The van der Waals surface area contributed by atoms with Crippen molar-refractivity contribution < 1.29 is 19.1 Å². The first-order valence-corrected chi connectivity index (χ1v) is 8.19. The summed E-state index contributed by atoms with van der Waals surface area (Å²) >= 11 is 0. The fourth-order valence-electron chi connectivity index (χ4n) is 2.49. The van der Waals surface area contributed by atoms with Gasteiger partial charge in [-0.25, -0.2) is 9.69 Å². The van der Waals surface area contributed by atoms with Gasteiger partial charge in [-0.05, 0) is 63.8 Å². The van der Waals surface area contributed by atoms with Crippen molar-refractivity contribution in [2.75, 3.05) is 13.7 Å². The highest BCUT2D eigenvalue weighted by Crippen LogP contribution is 2.23. The van der Waals surface area contributed by atoms with Crippen molar-refractivity contribution in [3.05, 3.63) is 35.4 Å². The van der Waals surface area contributed by atoms with E-state index in [1.807, 2.05) is 30.3 Å². The molecule has 1 fully saturated rings. The Hall–Kier alpha value is -2.30. The van der Waals surface area contributed by atoms with Gasteiger partial charge in [0.05, 0.1) is 7.11 Å². The average molecular weight is 331 g/mol. The van der Waals surface area contributed by atoms with Crippen molar-refractivity contribution in [3.8, 4) is 5.75 Å². The van der Waals surface area contributed by atoms with Crippen LogP contribution in [0.1, 0.15) is 45.6 Å². The van der Waals surface area contributed by atoms with Gasteiger partial charge in [0.25, 0.3) is 5.91 Å². The molecule has 1 aromatic rings. The molecule has 0 spiro atoms. The SMILES string of the molecule is COc1ccc(/C=C2\CCCCN(C(=O)OC(C)(C)C)C2=O)cc1. The normalized spacial score (nSPS) is 17.6. The Bertz CT molecular complexity index is 626. The Labute approximate surface area is 143 Å². The first-order chi connectivity index (χ1) is 11.3. The minimum Gasteiger partial charge on any atom is -0.497 e. The molecule has 2 amide bonds. The molecule has 1 heterocycles. The fourth-order valence-corrected chi connectivity index (χ4v) is 2.49. The summed E-state index contributed by atoms with van der Waals surface area (Å²) < 4.78 is 10.5. The van der Waals surface area contributed by atoms with Gasteiger partial charge >= 0.3 is 6.09 Å². The summed E-state index contributed by atoms with van der Waals surface area (Å²) in [7, 11) is 1.61. The van der Waals surface area contributed by atoms with Crippen molar-refractivity contribution >= 4 is 18.1 Å². The van der Waals surface area contributed by atoms with Gasteiger partial charge in [0.1, 0.15) is 11.4 Å². The number of benzene rings is 1. The second-order valence-corrected chi connectivity index (χ2v) is 6.84. The van der Waals surface area contributed by atoms with E-state index in [2.05, 4.69) is 0 Å². The van der Waals surface area contributed by atoms with Crippen LogP contribution in [0.5, 0.6) is 5.75 Å². The molecule has 1 saturated heterocycles. The number of carbonyl (C=O) groups excluding carboxylic acids is 2. The molecule has 0 radical (unpaired) electrons. The molecule has 0 aromatic heterocycles. The Kier molecular flexibility index (Phi) is 5.65. The maximum atomic E-state index is 12.7. The highest BCUT2D eigenvalue weighted by molar-refractivity contribution is 6.05. The van der Waals surface area contributed by atoms with Crippen LogP contribution in [0, 0.1) is 0 Å². The fraction of sp³-hybridized carbons (Fsp3) is 0.474. The van der Waals surface area contributed by atoms with Gasteiger partial charge in [-0.1, -0.05) is 12.1 Å². The van der Waals surface area contributed by atoms with E-state index >= 15 is 0 Å². The third-order valence-corrected chi connectivity index (χ3v) is 3.67. The standard InChI is InChI=1S/C19H25NO4/c1-19(2,3)24-18(22)20-12-6-5-7-15(17(20)21)13-14-8-10-16(23-4)11-9-14/h8-11,13H,5-7,12H2,1-4H3/b15-13+. The minimum absolute atomic E-state index is 0.266. The number of methoxy groups -OCH3 is 1. The van der Waals surface area contributed by atoms with Crippen molar-refractivity contribution in [1.82, 2.24) is 4.90 Å². The zero-order valence-corrected chi connectivity index (χ0v) is 14.8. The summed E-state index contributed by atoms with van der Waals surface area (Å²) in [6, 6.07) is 7.47. The number of likely N-dealkylation sites (tertiary alicyclic amines) is 1. The molecule has 130 valence electrons. The molecule has 0 bridgehead atoms. The third kappa shape index (κ3) is 4.85. The Morgan fingerprint density at radius 2 is 1.83 bits per heavy atom. The molecule has 0 unspecified atom stereocenters. The number of amides is 2. The first-order valence-electron chi connectivity index (χ1n) is 8.19. The number of carbonyl (C=O) groups is 2. The predicted molar refractivity (Wildman–Crippen MR) is 92.8 cm³/mol. The van der Waals surface area contributed by atoms with E-state index in [4.69, 9.17) is 9.47 Å². The quantitative estimate of drug-likeness (QED) is 0.768. The Morgan fingerprint density at radius 1 is 1.17 bits per heavy atom. The molecule has 0 saturated carbocycles. The van der Waals surface area contributed by atoms with Gasteiger partial charge in [0, 0.05) is 12.1 Å². The molecule has 5 nitrogen and oxygen atoms in total. The van der Waals surface area contributed by atoms with Crippen LogP contribution in [-0.4, -0.2) is 36.2 Å². The highest BCUT2D eigenvalue weighted by Gasteiger charge is 2.30. The van der Waals surface area contributed by atoms with E-state index < -0.39 is 11.7 Å². The highest BCUT2D eigenvalue weighted by atomic mass is 16.6. The predicted octanol–water partition coefficient (Wildman–Crippen LogP) is 4.03. The molecule has 5 heteroatoms. The Morgan fingerprint density at radius 3 is 2.42 bits per heavy atom. The smallest absolute Gasteiger partial charge is 0.417 e. The van der Waals surface area contributed by atoms with Crippen LogP contribution in [-0.2, 0) is 9.53 Å². The van der Waals surface area contributed by atoms with Crippen molar-refractivity contribution in [2.24, 2.45) is 0 Å². The zero-order valence-electron chi connectivity index (χ0n) is 14.8. The molecule has 2 rings (SSSR count). The largest absolute Gasteiger partial charge is 0.497 e. The number of imide groups is 1. The summed E-state index contributed by atoms with van der Waals surface area (Å²) in [6.07, 6.45) is 3.57. The molecular weight excluding hydrogens is 306 g/mol. The van der Waals surface area contributed by atoms with Crippen LogP contribution >= 0.6 is 0 Å². The zero-order chi connectivity index (χ0) is 17.7. The monoisotopic (exact) mass is 331 g/mol. The van der Waals surface area contributed by atoms with E-state index in [0.717, 1.165) is 24.2 Å². The third-order valence-electron chi connectivity index (χ3n) is 3.67. The van der Waals surface area contributed by atoms with Gasteiger partial charge in [0.15, 0.2) is 0 Å². The van der Waals surface area contributed by atoms with Crippen LogP contribution in [0.2, 0.25) is 0 Å². The molecule has 24 heavy (non-hydrogen) atoms. The number of hydrogen-bond acceptors (Lipinski definition) is 4. The second-order valence-electron chi connectivity index (χ2n) is 6.84. The van der Waals surface area contributed by atoms with E-state index in [1.54, 1.807) is 27.9 Å². The van der Waals surface area contributed by atoms with E-state index in [1.165, 1.54) is 4.90 Å². The molecule has 0 atom stereocenters. The summed E-state index contributed by atoms with van der Waals surface area (Å²) in [6.45, 7) is 5.78. The maximum Gasteiger partial charge on any atom is 0.417 e. The molecule has 0 N–H and O–H groups in total. The van der Waals surface area contributed by atoms with Gasteiger partial charge < -0.3 is 9.47 Å². The van der Waals surface area contributed by atoms with Crippen LogP contribution in [0.15, 0.2) is 29.8 Å². The molecule has 1 aliphatic heterocycles. The lowest BCUT2D eigenvalue weighted by Crippen LogP contribution is -2.41. The molecule has 1 aliphatic rings. The first kappa shape index (κ1) is 18.0. The Balaban J connectivity index is 2.21. The van der Waals surface area contributed by atoms with Gasteiger partial charge in [-0.15, -0.1) is 0 Å². The van der Waals surface area contributed by atoms with Crippen molar-refractivity contribution in [2.45, 2.75) is 45.6 Å². The van der Waals surface area contributed by atoms with E-state index in [-0.39, 0.29) is 5.91 Å². The maximum absolute atomic E-state index is 12.7. The summed E-state index contributed by atoms with van der Waals surface area (Å²) in [5.41, 5.74) is 0.914. The lowest BCUT2D eigenvalue weighted by molar-refractivity contribution is -0.126. The van der Waals surface area contributed by atoms with Gasteiger partial charge in [-0.2, -0.15) is 0 Å². The molecule has 0 aliphatic carbocycles. The topological polar surface area (TPSA) is 55.8 Å². The van der Waals surface area contributed by atoms with Gasteiger partial charge in [-0.3, -0.25) is 4.79 Å². The molecular formula is C19H25NO4. The van der Waals surface area contributed by atoms with Crippen LogP contribution in [0.4, 0.5) is 4.79 Å². The average Bonchev–Trinajstić information content (AvgIpc) is 2.69. The van der Waals surface area contributed by atoms with E-state index in [0.29, 0.717) is 18.5 Å². The summed E-state index contributed by atoms with van der Waals surface area (Å²) in [4.78, 5) is 26.2. The van der Waals surface area contributed by atoms with Crippen molar-refractivity contribution in [1.29, 1.82) is 0 Å². The summed E-state index contributed by atoms with van der Waals surface area (Å²) in [5.74, 6) is 0.497. The number of hydrogen-bond donors (Lipinski definition) is 0. The molecule has 1 aromatic carbocycles. The second kappa shape index (κ2) is 7.51. The van der Waals surface area contributed by atoms with Crippen LogP contribution in [0.25, 0.3) is 6.08 Å². The number of rotatable bonds is 2. The lowest BCUT2D eigenvalue weighted by atomic mass is 10.1.